The van der Waals surface area contributed by atoms with Gasteiger partial charge in [-0.15, -0.1) is 0 Å². The molecule has 4 nitrogen and oxygen atoms in total. The number of anilines is 2. The monoisotopic (exact) mass is 312 g/mol. The number of benzene rings is 2. The van der Waals surface area contributed by atoms with E-state index < -0.39 is 0 Å². The number of carbonyl (C=O) groups excluding carboxylic acids is 1. The highest BCUT2D eigenvalue weighted by atomic mass is 16.5. The Bertz CT molecular complexity index is 651. The molecule has 0 fully saturated rings. The average Bonchev–Trinajstić information content (AvgIpc) is 2.57. The standard InChI is InChI=1S/C19H24N2O2/c1-4-15-7-5-6-14(2)19(15)21-18(22)12-13-20-16-8-10-17(23-3)11-9-16/h5-11,20H,4,12-13H2,1-3H3,(H,21,22). The molecule has 0 unspecified atom stereocenters. The lowest BCUT2D eigenvalue weighted by Gasteiger charge is -2.13. The van der Waals surface area contributed by atoms with Gasteiger partial charge in [0.25, 0.3) is 0 Å². The Kier molecular flexibility index (Phi) is 6.03. The van der Waals surface area contributed by atoms with Crippen LogP contribution in [-0.2, 0) is 11.2 Å². The third-order valence-electron chi connectivity index (χ3n) is 3.78. The van der Waals surface area contributed by atoms with Crippen LogP contribution in [0.25, 0.3) is 0 Å². The van der Waals surface area contributed by atoms with E-state index in [0.29, 0.717) is 13.0 Å². The minimum absolute atomic E-state index is 0.0232. The van der Waals surface area contributed by atoms with E-state index in [1.807, 2.05) is 43.3 Å². The van der Waals surface area contributed by atoms with E-state index in [9.17, 15) is 4.79 Å². The smallest absolute Gasteiger partial charge is 0.226 e. The Morgan fingerprint density at radius 3 is 2.52 bits per heavy atom. The van der Waals surface area contributed by atoms with Crippen LogP contribution in [0.2, 0.25) is 0 Å². The molecule has 0 aromatic heterocycles. The molecule has 2 aromatic carbocycles. The van der Waals surface area contributed by atoms with Gasteiger partial charge in [0.15, 0.2) is 0 Å². The largest absolute Gasteiger partial charge is 0.497 e. The number of aryl methyl sites for hydroxylation is 2. The van der Waals surface area contributed by atoms with Gasteiger partial charge < -0.3 is 15.4 Å². The van der Waals surface area contributed by atoms with Crippen molar-refractivity contribution in [3.63, 3.8) is 0 Å². The molecule has 2 aromatic rings. The first kappa shape index (κ1) is 16.9. The van der Waals surface area contributed by atoms with Crippen molar-refractivity contribution in [3.8, 4) is 5.75 Å². The van der Waals surface area contributed by atoms with E-state index in [4.69, 9.17) is 4.74 Å². The van der Waals surface area contributed by atoms with Crippen molar-refractivity contribution in [2.24, 2.45) is 0 Å². The van der Waals surface area contributed by atoms with E-state index in [1.54, 1.807) is 7.11 Å². The van der Waals surface area contributed by atoms with Gasteiger partial charge in [-0.05, 0) is 48.7 Å². The van der Waals surface area contributed by atoms with Crippen LogP contribution >= 0.6 is 0 Å². The van der Waals surface area contributed by atoms with Gasteiger partial charge in [-0.25, -0.2) is 0 Å². The van der Waals surface area contributed by atoms with Crippen molar-refractivity contribution < 1.29 is 9.53 Å². The van der Waals surface area contributed by atoms with Crippen LogP contribution in [0.1, 0.15) is 24.5 Å². The van der Waals surface area contributed by atoms with Crippen molar-refractivity contribution in [3.05, 3.63) is 53.6 Å². The van der Waals surface area contributed by atoms with Crippen molar-refractivity contribution in [2.75, 3.05) is 24.3 Å². The molecule has 2 N–H and O–H groups in total. The van der Waals surface area contributed by atoms with Crippen LogP contribution in [-0.4, -0.2) is 19.6 Å². The first-order chi connectivity index (χ1) is 11.1. The maximum atomic E-state index is 12.2. The lowest BCUT2D eigenvalue weighted by atomic mass is 10.1. The Labute approximate surface area is 137 Å². The fourth-order valence-electron chi connectivity index (χ4n) is 2.43. The first-order valence-corrected chi connectivity index (χ1v) is 7.90. The topological polar surface area (TPSA) is 50.4 Å². The van der Waals surface area contributed by atoms with Gasteiger partial charge in [0.05, 0.1) is 7.11 Å². The number of ether oxygens (including phenoxy) is 1. The molecule has 2 rings (SSSR count). The third-order valence-corrected chi connectivity index (χ3v) is 3.78. The number of para-hydroxylation sites is 1. The predicted octanol–water partition coefficient (Wildman–Crippen LogP) is 4.01. The molecule has 0 aliphatic heterocycles. The highest BCUT2D eigenvalue weighted by Crippen LogP contribution is 2.21. The summed E-state index contributed by atoms with van der Waals surface area (Å²) in [5.41, 5.74) is 4.19. The fourth-order valence-corrected chi connectivity index (χ4v) is 2.43. The second-order valence-corrected chi connectivity index (χ2v) is 5.42. The predicted molar refractivity (Wildman–Crippen MR) is 95.3 cm³/mol. The summed E-state index contributed by atoms with van der Waals surface area (Å²) in [5.74, 6) is 0.843. The highest BCUT2D eigenvalue weighted by molar-refractivity contribution is 5.92. The average molecular weight is 312 g/mol. The zero-order valence-electron chi connectivity index (χ0n) is 14.0. The number of amides is 1. The molecule has 23 heavy (non-hydrogen) atoms. The SMILES string of the molecule is CCc1cccc(C)c1NC(=O)CCNc1ccc(OC)cc1. The van der Waals surface area contributed by atoms with Crippen LogP contribution in [0.15, 0.2) is 42.5 Å². The summed E-state index contributed by atoms with van der Waals surface area (Å²) in [7, 11) is 1.64. The molecule has 0 bridgehead atoms. The summed E-state index contributed by atoms with van der Waals surface area (Å²) in [5, 5.41) is 6.27. The Morgan fingerprint density at radius 2 is 1.87 bits per heavy atom. The van der Waals surface area contributed by atoms with Gasteiger partial charge in [-0.1, -0.05) is 25.1 Å². The zero-order valence-corrected chi connectivity index (χ0v) is 14.0. The van der Waals surface area contributed by atoms with E-state index in [1.165, 1.54) is 5.56 Å². The van der Waals surface area contributed by atoms with E-state index >= 15 is 0 Å². The van der Waals surface area contributed by atoms with Crippen molar-refractivity contribution >= 4 is 17.3 Å². The highest BCUT2D eigenvalue weighted by Gasteiger charge is 2.08. The van der Waals surface area contributed by atoms with Crippen molar-refractivity contribution in [1.82, 2.24) is 0 Å². The first-order valence-electron chi connectivity index (χ1n) is 7.90. The lowest BCUT2D eigenvalue weighted by molar-refractivity contribution is -0.115. The summed E-state index contributed by atoms with van der Waals surface area (Å²) >= 11 is 0. The molecule has 0 aliphatic rings. The molecule has 1 amide bonds. The maximum absolute atomic E-state index is 12.2. The molecular formula is C19H24N2O2. The summed E-state index contributed by atoms with van der Waals surface area (Å²) in [4.78, 5) is 12.2. The molecular weight excluding hydrogens is 288 g/mol. The normalized spacial score (nSPS) is 10.2. The molecule has 0 atom stereocenters. The van der Waals surface area contributed by atoms with Gasteiger partial charge in [-0.2, -0.15) is 0 Å². The molecule has 0 heterocycles. The molecule has 4 heteroatoms. The lowest BCUT2D eigenvalue weighted by Crippen LogP contribution is -2.17. The molecule has 0 saturated carbocycles. The van der Waals surface area contributed by atoms with Crippen LogP contribution in [0.4, 0.5) is 11.4 Å². The number of hydrogen-bond donors (Lipinski definition) is 2. The molecule has 0 saturated heterocycles. The van der Waals surface area contributed by atoms with E-state index in [2.05, 4.69) is 23.6 Å². The Balaban J connectivity index is 1.85. The van der Waals surface area contributed by atoms with Gasteiger partial charge in [0.2, 0.25) is 5.91 Å². The van der Waals surface area contributed by atoms with Crippen LogP contribution in [0.3, 0.4) is 0 Å². The number of rotatable bonds is 7. The van der Waals surface area contributed by atoms with Gasteiger partial charge >= 0.3 is 0 Å². The second kappa shape index (κ2) is 8.22. The molecule has 0 aliphatic carbocycles. The minimum Gasteiger partial charge on any atom is -0.497 e. The number of carbonyl (C=O) groups is 1. The maximum Gasteiger partial charge on any atom is 0.226 e. The van der Waals surface area contributed by atoms with Gasteiger partial charge in [0.1, 0.15) is 5.75 Å². The quantitative estimate of drug-likeness (QED) is 0.812. The van der Waals surface area contributed by atoms with E-state index in [-0.39, 0.29) is 5.91 Å². The number of nitrogens with one attached hydrogen (secondary N) is 2. The third kappa shape index (κ3) is 4.74. The fraction of sp³-hybridized carbons (Fsp3) is 0.316. The van der Waals surface area contributed by atoms with Crippen LogP contribution in [0, 0.1) is 6.92 Å². The summed E-state index contributed by atoms with van der Waals surface area (Å²) < 4.78 is 5.12. The Hall–Kier alpha value is -2.49. The zero-order chi connectivity index (χ0) is 16.7. The summed E-state index contributed by atoms with van der Waals surface area (Å²) in [6, 6.07) is 13.8. The summed E-state index contributed by atoms with van der Waals surface area (Å²) in [6.45, 7) is 4.70. The Morgan fingerprint density at radius 1 is 1.13 bits per heavy atom. The number of methoxy groups -OCH3 is 1. The van der Waals surface area contributed by atoms with Crippen molar-refractivity contribution in [1.29, 1.82) is 0 Å². The molecule has 0 radical (unpaired) electrons. The summed E-state index contributed by atoms with van der Waals surface area (Å²) in [6.07, 6.45) is 1.32. The van der Waals surface area contributed by atoms with Gasteiger partial charge in [-0.3, -0.25) is 4.79 Å². The second-order valence-electron chi connectivity index (χ2n) is 5.42. The molecule has 122 valence electrons. The van der Waals surface area contributed by atoms with Crippen LogP contribution < -0.4 is 15.4 Å². The number of hydrogen-bond acceptors (Lipinski definition) is 3. The van der Waals surface area contributed by atoms with Gasteiger partial charge in [0, 0.05) is 24.3 Å². The molecule has 0 spiro atoms. The minimum atomic E-state index is 0.0232. The van der Waals surface area contributed by atoms with Crippen molar-refractivity contribution in [2.45, 2.75) is 26.7 Å². The van der Waals surface area contributed by atoms with Crippen LogP contribution in [0.5, 0.6) is 5.75 Å². The van der Waals surface area contributed by atoms with E-state index in [0.717, 1.165) is 29.1 Å².